The zero-order chi connectivity index (χ0) is 16.7. The Morgan fingerprint density at radius 2 is 1.96 bits per heavy atom. The van der Waals surface area contributed by atoms with E-state index < -0.39 is 6.09 Å². The van der Waals surface area contributed by atoms with Gasteiger partial charge in [-0.25, -0.2) is 9.18 Å². The van der Waals surface area contributed by atoms with Crippen molar-refractivity contribution in [3.8, 4) is 0 Å². The van der Waals surface area contributed by atoms with Gasteiger partial charge in [0.15, 0.2) is 0 Å². The minimum atomic E-state index is -0.457. The SMILES string of the molecule is C=CCOC(=O)NC1CCN(C(=O)Cc2ccc(F)cc2)CC1. The number of benzene rings is 1. The number of alkyl carbamates (subject to hydrolysis) is 1. The van der Waals surface area contributed by atoms with Crippen LogP contribution in [0.4, 0.5) is 9.18 Å². The molecule has 1 N–H and O–H groups in total. The number of amides is 2. The van der Waals surface area contributed by atoms with Gasteiger partial charge >= 0.3 is 6.09 Å². The second-order valence-electron chi connectivity index (χ2n) is 5.49. The van der Waals surface area contributed by atoms with Crippen LogP contribution in [0.2, 0.25) is 0 Å². The molecule has 1 saturated heterocycles. The molecule has 23 heavy (non-hydrogen) atoms. The van der Waals surface area contributed by atoms with Crippen molar-refractivity contribution in [3.63, 3.8) is 0 Å². The van der Waals surface area contributed by atoms with Crippen LogP contribution >= 0.6 is 0 Å². The first kappa shape index (κ1) is 17.0. The monoisotopic (exact) mass is 320 g/mol. The van der Waals surface area contributed by atoms with E-state index in [9.17, 15) is 14.0 Å². The number of ether oxygens (including phenoxy) is 1. The lowest BCUT2D eigenvalue weighted by atomic mass is 10.0. The predicted molar refractivity (Wildman–Crippen MR) is 84.4 cm³/mol. The quantitative estimate of drug-likeness (QED) is 0.847. The largest absolute Gasteiger partial charge is 0.445 e. The molecule has 1 fully saturated rings. The molecule has 0 aromatic heterocycles. The number of halogens is 1. The molecule has 2 rings (SSSR count). The maximum Gasteiger partial charge on any atom is 0.407 e. The lowest BCUT2D eigenvalue weighted by Gasteiger charge is -2.32. The molecule has 2 amide bonds. The molecule has 0 saturated carbocycles. The van der Waals surface area contributed by atoms with Crippen LogP contribution in [-0.2, 0) is 16.0 Å². The van der Waals surface area contributed by atoms with Crippen molar-refractivity contribution in [2.75, 3.05) is 19.7 Å². The summed E-state index contributed by atoms with van der Waals surface area (Å²) in [5.41, 5.74) is 0.796. The van der Waals surface area contributed by atoms with Crippen molar-refractivity contribution in [2.45, 2.75) is 25.3 Å². The predicted octanol–water partition coefficient (Wildman–Crippen LogP) is 2.27. The third-order valence-electron chi connectivity index (χ3n) is 3.77. The first-order valence-corrected chi connectivity index (χ1v) is 7.65. The van der Waals surface area contributed by atoms with E-state index in [1.807, 2.05) is 0 Å². The number of hydrogen-bond acceptors (Lipinski definition) is 3. The summed E-state index contributed by atoms with van der Waals surface area (Å²) < 4.78 is 17.7. The van der Waals surface area contributed by atoms with Gasteiger partial charge in [-0.1, -0.05) is 24.8 Å². The highest BCUT2D eigenvalue weighted by atomic mass is 19.1. The number of likely N-dealkylation sites (tertiary alicyclic amines) is 1. The Morgan fingerprint density at radius 1 is 1.30 bits per heavy atom. The molecule has 1 aliphatic heterocycles. The van der Waals surface area contributed by atoms with Crippen molar-refractivity contribution >= 4 is 12.0 Å². The summed E-state index contributed by atoms with van der Waals surface area (Å²) >= 11 is 0. The summed E-state index contributed by atoms with van der Waals surface area (Å²) in [6.45, 7) is 4.84. The second-order valence-corrected chi connectivity index (χ2v) is 5.49. The standard InChI is InChI=1S/C17H21FN2O3/c1-2-11-23-17(22)19-15-7-9-20(10-8-15)16(21)12-13-3-5-14(18)6-4-13/h2-6,15H,1,7-12H2,(H,19,22). The third kappa shape index (κ3) is 5.39. The summed E-state index contributed by atoms with van der Waals surface area (Å²) in [7, 11) is 0. The molecule has 5 nitrogen and oxygen atoms in total. The normalized spacial score (nSPS) is 15.1. The molecule has 1 aliphatic rings. The molecule has 0 unspecified atom stereocenters. The van der Waals surface area contributed by atoms with Gasteiger partial charge in [0.25, 0.3) is 0 Å². The second kappa shape index (κ2) is 8.31. The van der Waals surface area contributed by atoms with E-state index in [4.69, 9.17) is 4.74 Å². The zero-order valence-electron chi connectivity index (χ0n) is 13.0. The van der Waals surface area contributed by atoms with Gasteiger partial charge in [0.2, 0.25) is 5.91 Å². The average Bonchev–Trinajstić information content (AvgIpc) is 2.55. The van der Waals surface area contributed by atoms with Gasteiger partial charge < -0.3 is 15.0 Å². The van der Waals surface area contributed by atoms with Gasteiger partial charge in [0.05, 0.1) is 6.42 Å². The molecular formula is C17H21FN2O3. The summed E-state index contributed by atoms with van der Waals surface area (Å²) in [4.78, 5) is 25.5. The Labute approximate surface area is 135 Å². The van der Waals surface area contributed by atoms with Crippen LogP contribution in [0.5, 0.6) is 0 Å². The molecule has 6 heteroatoms. The number of piperidine rings is 1. The van der Waals surface area contributed by atoms with Crippen molar-refractivity contribution in [1.82, 2.24) is 10.2 Å². The molecule has 124 valence electrons. The number of carbonyl (C=O) groups is 2. The van der Waals surface area contributed by atoms with E-state index in [1.54, 1.807) is 17.0 Å². The molecule has 0 atom stereocenters. The fourth-order valence-corrected chi connectivity index (χ4v) is 2.50. The van der Waals surface area contributed by atoms with Crippen LogP contribution in [0.1, 0.15) is 18.4 Å². The Hall–Kier alpha value is -2.37. The van der Waals surface area contributed by atoms with Gasteiger partial charge in [0, 0.05) is 19.1 Å². The van der Waals surface area contributed by atoms with Gasteiger partial charge in [-0.05, 0) is 30.5 Å². The Bertz CT molecular complexity index is 551. The van der Waals surface area contributed by atoms with E-state index >= 15 is 0 Å². The van der Waals surface area contributed by atoms with E-state index in [2.05, 4.69) is 11.9 Å². The number of hydrogen-bond donors (Lipinski definition) is 1. The topological polar surface area (TPSA) is 58.6 Å². The van der Waals surface area contributed by atoms with Gasteiger partial charge in [-0.3, -0.25) is 4.79 Å². The van der Waals surface area contributed by atoms with Crippen molar-refractivity contribution in [1.29, 1.82) is 0 Å². The Balaban J connectivity index is 1.75. The van der Waals surface area contributed by atoms with Crippen LogP contribution < -0.4 is 5.32 Å². The van der Waals surface area contributed by atoms with E-state index in [1.165, 1.54) is 18.2 Å². The van der Waals surface area contributed by atoms with Crippen LogP contribution in [0.3, 0.4) is 0 Å². The number of rotatable bonds is 5. The Morgan fingerprint density at radius 3 is 2.57 bits per heavy atom. The summed E-state index contributed by atoms with van der Waals surface area (Å²) in [6.07, 6.45) is 2.70. The zero-order valence-corrected chi connectivity index (χ0v) is 13.0. The molecule has 1 heterocycles. The highest BCUT2D eigenvalue weighted by Gasteiger charge is 2.24. The van der Waals surface area contributed by atoms with Crippen LogP contribution in [0.15, 0.2) is 36.9 Å². The molecular weight excluding hydrogens is 299 g/mol. The van der Waals surface area contributed by atoms with E-state index in [-0.39, 0.29) is 30.8 Å². The molecule has 0 bridgehead atoms. The van der Waals surface area contributed by atoms with Crippen LogP contribution in [0.25, 0.3) is 0 Å². The molecule has 0 aliphatic carbocycles. The summed E-state index contributed by atoms with van der Waals surface area (Å²) in [5, 5.41) is 2.78. The molecule has 0 spiro atoms. The summed E-state index contributed by atoms with van der Waals surface area (Å²) in [6, 6.07) is 5.97. The fourth-order valence-electron chi connectivity index (χ4n) is 2.50. The molecule has 1 aromatic rings. The first-order chi connectivity index (χ1) is 11.1. The van der Waals surface area contributed by atoms with E-state index in [0.717, 1.165) is 5.56 Å². The maximum atomic E-state index is 12.9. The number of nitrogens with one attached hydrogen (secondary N) is 1. The average molecular weight is 320 g/mol. The molecule has 1 aromatic carbocycles. The van der Waals surface area contributed by atoms with Gasteiger partial charge in [-0.15, -0.1) is 0 Å². The van der Waals surface area contributed by atoms with Crippen LogP contribution in [0, 0.1) is 5.82 Å². The van der Waals surface area contributed by atoms with E-state index in [0.29, 0.717) is 25.9 Å². The fraction of sp³-hybridized carbons (Fsp3) is 0.412. The first-order valence-electron chi connectivity index (χ1n) is 7.65. The van der Waals surface area contributed by atoms with Crippen molar-refractivity contribution in [3.05, 3.63) is 48.3 Å². The third-order valence-corrected chi connectivity index (χ3v) is 3.77. The lowest BCUT2D eigenvalue weighted by Crippen LogP contribution is -2.47. The minimum Gasteiger partial charge on any atom is -0.445 e. The van der Waals surface area contributed by atoms with Crippen molar-refractivity contribution < 1.29 is 18.7 Å². The maximum absolute atomic E-state index is 12.9. The van der Waals surface area contributed by atoms with Gasteiger partial charge in [-0.2, -0.15) is 0 Å². The van der Waals surface area contributed by atoms with Crippen molar-refractivity contribution in [2.24, 2.45) is 0 Å². The highest BCUT2D eigenvalue weighted by molar-refractivity contribution is 5.79. The number of nitrogens with zero attached hydrogens (tertiary/aromatic N) is 1. The lowest BCUT2D eigenvalue weighted by molar-refractivity contribution is -0.131. The van der Waals surface area contributed by atoms with Gasteiger partial charge in [0.1, 0.15) is 12.4 Å². The Kier molecular flexibility index (Phi) is 6.14. The highest BCUT2D eigenvalue weighted by Crippen LogP contribution is 2.13. The summed E-state index contributed by atoms with van der Waals surface area (Å²) in [5.74, 6) is -0.291. The van der Waals surface area contributed by atoms with Crippen LogP contribution in [-0.4, -0.2) is 42.6 Å². The minimum absolute atomic E-state index is 0.0159. The number of carbonyl (C=O) groups excluding carboxylic acids is 2. The smallest absolute Gasteiger partial charge is 0.407 e. The molecule has 0 radical (unpaired) electrons.